The summed E-state index contributed by atoms with van der Waals surface area (Å²) in [7, 11) is 0. The van der Waals surface area contributed by atoms with Crippen LogP contribution in [-0.2, 0) is 0 Å². The number of likely N-dealkylation sites (tertiary alicyclic amines) is 1. The zero-order chi connectivity index (χ0) is 14.2. The summed E-state index contributed by atoms with van der Waals surface area (Å²) in [6.07, 6.45) is 5.38. The van der Waals surface area contributed by atoms with Gasteiger partial charge in [0.25, 0.3) is 0 Å². The van der Waals surface area contributed by atoms with Crippen molar-refractivity contribution in [2.24, 2.45) is 5.73 Å². The highest BCUT2D eigenvalue weighted by Gasteiger charge is 2.46. The van der Waals surface area contributed by atoms with Crippen LogP contribution in [0.25, 0.3) is 0 Å². The van der Waals surface area contributed by atoms with E-state index in [-0.39, 0.29) is 5.54 Å². The fourth-order valence-electron chi connectivity index (χ4n) is 4.09. The van der Waals surface area contributed by atoms with Crippen molar-refractivity contribution < 1.29 is 0 Å². The van der Waals surface area contributed by atoms with Crippen molar-refractivity contribution in [3.05, 3.63) is 0 Å². The predicted octanol–water partition coefficient (Wildman–Crippen LogP) is 0.968. The Hall–Kier alpha value is -0.160. The van der Waals surface area contributed by atoms with Crippen LogP contribution in [0.3, 0.4) is 0 Å². The summed E-state index contributed by atoms with van der Waals surface area (Å²) in [4.78, 5) is 8.07. The minimum absolute atomic E-state index is 0.282. The van der Waals surface area contributed by atoms with Gasteiger partial charge in [-0.2, -0.15) is 0 Å². The van der Waals surface area contributed by atoms with E-state index in [0.29, 0.717) is 0 Å². The Kier molecular flexibility index (Phi) is 4.37. The Morgan fingerprint density at radius 3 is 2.40 bits per heavy atom. The van der Waals surface area contributed by atoms with E-state index in [9.17, 15) is 0 Å². The summed E-state index contributed by atoms with van der Waals surface area (Å²) in [5.74, 6) is 0. The molecule has 4 heteroatoms. The molecule has 0 aromatic heterocycles. The molecule has 1 saturated carbocycles. The number of rotatable bonds is 5. The third-order valence-electron chi connectivity index (χ3n) is 6.00. The van der Waals surface area contributed by atoms with E-state index < -0.39 is 0 Å². The van der Waals surface area contributed by atoms with Gasteiger partial charge in [0.1, 0.15) is 0 Å². The fourth-order valence-corrected chi connectivity index (χ4v) is 4.09. The van der Waals surface area contributed by atoms with Gasteiger partial charge in [-0.3, -0.25) is 14.7 Å². The van der Waals surface area contributed by atoms with Crippen LogP contribution in [0.2, 0.25) is 0 Å². The van der Waals surface area contributed by atoms with Crippen LogP contribution in [0.1, 0.15) is 39.5 Å². The van der Waals surface area contributed by atoms with Crippen molar-refractivity contribution in [2.45, 2.75) is 57.2 Å². The summed E-state index contributed by atoms with van der Waals surface area (Å²) >= 11 is 0. The van der Waals surface area contributed by atoms with Crippen molar-refractivity contribution >= 4 is 0 Å². The molecule has 2 N–H and O–H groups in total. The maximum atomic E-state index is 6.22. The molecule has 2 saturated heterocycles. The third-order valence-corrected chi connectivity index (χ3v) is 6.00. The van der Waals surface area contributed by atoms with Crippen molar-refractivity contribution in [3.63, 3.8) is 0 Å². The van der Waals surface area contributed by atoms with E-state index in [2.05, 4.69) is 28.5 Å². The van der Waals surface area contributed by atoms with Gasteiger partial charge in [0.05, 0.1) is 0 Å². The van der Waals surface area contributed by atoms with Gasteiger partial charge in [0, 0.05) is 63.4 Å². The average molecular weight is 280 g/mol. The van der Waals surface area contributed by atoms with Crippen LogP contribution >= 0.6 is 0 Å². The lowest BCUT2D eigenvalue weighted by atomic mass is 9.95. The number of nitrogens with two attached hydrogens (primary N) is 1. The lowest BCUT2D eigenvalue weighted by Crippen LogP contribution is -2.62. The smallest absolute Gasteiger partial charge is 0.0471 e. The molecule has 3 rings (SSSR count). The highest BCUT2D eigenvalue weighted by molar-refractivity contribution is 5.04. The molecule has 4 nitrogen and oxygen atoms in total. The van der Waals surface area contributed by atoms with Gasteiger partial charge >= 0.3 is 0 Å². The molecule has 3 fully saturated rings. The first-order valence-corrected chi connectivity index (χ1v) is 8.62. The summed E-state index contributed by atoms with van der Waals surface area (Å²) in [5.41, 5.74) is 6.50. The van der Waals surface area contributed by atoms with Crippen LogP contribution in [0.15, 0.2) is 0 Å². The van der Waals surface area contributed by atoms with Crippen LogP contribution in [0.4, 0.5) is 0 Å². The zero-order valence-corrected chi connectivity index (χ0v) is 13.4. The van der Waals surface area contributed by atoms with Crippen LogP contribution in [-0.4, -0.2) is 78.1 Å². The van der Waals surface area contributed by atoms with Crippen LogP contribution < -0.4 is 5.73 Å². The van der Waals surface area contributed by atoms with E-state index in [4.69, 9.17) is 5.73 Å². The molecule has 2 atom stereocenters. The Morgan fingerprint density at radius 2 is 1.85 bits per heavy atom. The monoisotopic (exact) mass is 280 g/mol. The van der Waals surface area contributed by atoms with Gasteiger partial charge < -0.3 is 5.73 Å². The molecule has 2 unspecified atom stereocenters. The van der Waals surface area contributed by atoms with Crippen molar-refractivity contribution in [3.8, 4) is 0 Å². The highest BCUT2D eigenvalue weighted by atomic mass is 15.4. The SMILES string of the molecule is CCC(C)N1CCN(C2(CN)CCN(C3CC3)C2)CC1. The summed E-state index contributed by atoms with van der Waals surface area (Å²) in [6, 6.07) is 1.63. The fraction of sp³-hybridized carbons (Fsp3) is 1.00. The number of piperazine rings is 1. The van der Waals surface area contributed by atoms with E-state index in [1.807, 2.05) is 0 Å². The van der Waals surface area contributed by atoms with Gasteiger partial charge in [-0.1, -0.05) is 6.92 Å². The summed E-state index contributed by atoms with van der Waals surface area (Å²) in [5, 5.41) is 0. The summed E-state index contributed by atoms with van der Waals surface area (Å²) < 4.78 is 0. The largest absolute Gasteiger partial charge is 0.329 e. The molecule has 0 bridgehead atoms. The minimum atomic E-state index is 0.282. The quantitative estimate of drug-likeness (QED) is 0.814. The first-order valence-electron chi connectivity index (χ1n) is 8.62. The Morgan fingerprint density at radius 1 is 1.15 bits per heavy atom. The molecule has 2 aliphatic heterocycles. The lowest BCUT2D eigenvalue weighted by molar-refractivity contribution is 0.0265. The maximum absolute atomic E-state index is 6.22. The molecule has 1 aliphatic carbocycles. The molecule has 20 heavy (non-hydrogen) atoms. The third kappa shape index (κ3) is 2.76. The van der Waals surface area contributed by atoms with Crippen molar-refractivity contribution in [1.82, 2.24) is 14.7 Å². The molecular formula is C16H32N4. The highest BCUT2D eigenvalue weighted by Crippen LogP contribution is 2.36. The number of hydrogen-bond donors (Lipinski definition) is 1. The van der Waals surface area contributed by atoms with E-state index in [0.717, 1.165) is 18.6 Å². The van der Waals surface area contributed by atoms with Crippen molar-refractivity contribution in [1.29, 1.82) is 0 Å². The second-order valence-corrected chi connectivity index (χ2v) is 7.16. The average Bonchev–Trinajstić information content (AvgIpc) is 3.26. The van der Waals surface area contributed by atoms with Gasteiger partial charge in [0.15, 0.2) is 0 Å². The first kappa shape index (κ1) is 14.8. The molecule has 116 valence electrons. The predicted molar refractivity (Wildman–Crippen MR) is 83.9 cm³/mol. The second-order valence-electron chi connectivity index (χ2n) is 7.16. The lowest BCUT2D eigenvalue weighted by Gasteiger charge is -2.46. The molecule has 0 aromatic rings. The van der Waals surface area contributed by atoms with Gasteiger partial charge in [-0.25, -0.2) is 0 Å². The second kappa shape index (κ2) is 5.91. The number of hydrogen-bond acceptors (Lipinski definition) is 4. The zero-order valence-electron chi connectivity index (χ0n) is 13.4. The van der Waals surface area contributed by atoms with Gasteiger partial charge in [-0.15, -0.1) is 0 Å². The minimum Gasteiger partial charge on any atom is -0.329 e. The van der Waals surface area contributed by atoms with E-state index in [1.165, 1.54) is 65.0 Å². The molecule has 3 aliphatic rings. The van der Waals surface area contributed by atoms with Crippen LogP contribution in [0.5, 0.6) is 0 Å². The normalized spacial score (nSPS) is 35.5. The van der Waals surface area contributed by atoms with Gasteiger partial charge in [0.2, 0.25) is 0 Å². The molecule has 0 spiro atoms. The molecule has 2 heterocycles. The van der Waals surface area contributed by atoms with E-state index in [1.54, 1.807) is 0 Å². The molecule has 0 radical (unpaired) electrons. The Bertz CT molecular complexity index is 322. The summed E-state index contributed by atoms with van der Waals surface area (Å²) in [6.45, 7) is 12.8. The maximum Gasteiger partial charge on any atom is 0.0471 e. The molecular weight excluding hydrogens is 248 g/mol. The molecule has 0 amide bonds. The Labute approximate surface area is 124 Å². The topological polar surface area (TPSA) is 35.7 Å². The standard InChI is InChI=1S/C16H32N4/c1-3-14(2)18-8-10-20(11-9-18)16(12-17)6-7-19(13-16)15-4-5-15/h14-15H,3-13,17H2,1-2H3. The Balaban J connectivity index is 1.58. The first-order chi connectivity index (χ1) is 9.68. The molecule has 0 aromatic carbocycles. The van der Waals surface area contributed by atoms with Gasteiger partial charge in [-0.05, 0) is 32.6 Å². The van der Waals surface area contributed by atoms with E-state index >= 15 is 0 Å². The number of nitrogens with zero attached hydrogens (tertiary/aromatic N) is 3. The van der Waals surface area contributed by atoms with Crippen LogP contribution in [0, 0.1) is 0 Å². The van der Waals surface area contributed by atoms with Crippen molar-refractivity contribution in [2.75, 3.05) is 45.8 Å².